The molecule has 2 aliphatic rings. The number of phenols is 1. The Hall–Kier alpha value is -2.31. The molecular weight excluding hydrogens is 280 g/mol. The van der Waals surface area contributed by atoms with Gasteiger partial charge in [0, 0.05) is 34.6 Å². The van der Waals surface area contributed by atoms with Crippen LogP contribution in [0.15, 0.2) is 0 Å². The van der Waals surface area contributed by atoms with Gasteiger partial charge in [-0.1, -0.05) is 0 Å². The smallest absolute Gasteiger partial charge is 0.308 e. The number of carbonyl (C=O) groups excluding carboxylic acids is 1. The van der Waals surface area contributed by atoms with Gasteiger partial charge >= 0.3 is 5.97 Å². The molecule has 7 nitrogen and oxygen atoms in total. The summed E-state index contributed by atoms with van der Waals surface area (Å²) < 4.78 is 27.5. The van der Waals surface area contributed by atoms with E-state index in [9.17, 15) is 9.90 Å². The molecule has 3 rings (SSSR count). The number of fused-ring (bicyclic) bond motifs is 2. The van der Waals surface area contributed by atoms with Crippen LogP contribution in [0.2, 0.25) is 0 Å². The lowest BCUT2D eigenvalue weighted by Gasteiger charge is -2.18. The van der Waals surface area contributed by atoms with E-state index in [-0.39, 0.29) is 34.5 Å². The molecule has 0 spiro atoms. The first-order valence-corrected chi connectivity index (χ1v) is 6.47. The van der Waals surface area contributed by atoms with Crippen LogP contribution in [0.4, 0.5) is 0 Å². The van der Waals surface area contributed by atoms with Gasteiger partial charge in [-0.2, -0.15) is 0 Å². The number of ether oxygens (including phenoxy) is 5. The van der Waals surface area contributed by atoms with Crippen LogP contribution < -0.4 is 23.7 Å². The molecule has 0 aliphatic carbocycles. The Morgan fingerprint density at radius 3 is 1.67 bits per heavy atom. The molecular formula is C14H16O7. The Bertz CT molecular complexity index is 600. The highest BCUT2D eigenvalue weighted by atomic mass is 16.8. The molecule has 0 amide bonds. The predicted molar refractivity (Wildman–Crippen MR) is 70.1 cm³/mol. The molecule has 1 aromatic rings. The van der Waals surface area contributed by atoms with E-state index in [0.29, 0.717) is 0 Å². The SMILES string of the molecule is CC(=O)Oc1c2c(c(O)c3c1OC(C)(C)O3)OC(C)(C)O2. The highest BCUT2D eigenvalue weighted by Gasteiger charge is 2.46. The standard InChI is InChI=1S/C14H16O7/c1-6(15)17-10-11-8(18-13(2,3)20-11)7(16)9-12(10)21-14(4,5)19-9/h16H,1-5H3. The van der Waals surface area contributed by atoms with Crippen molar-refractivity contribution < 1.29 is 33.6 Å². The fourth-order valence-electron chi connectivity index (χ4n) is 2.26. The number of aromatic hydroxyl groups is 1. The fraction of sp³-hybridized carbons (Fsp3) is 0.500. The van der Waals surface area contributed by atoms with Crippen molar-refractivity contribution in [1.29, 1.82) is 0 Å². The molecule has 0 aromatic heterocycles. The Labute approximate surface area is 121 Å². The average molecular weight is 296 g/mol. The van der Waals surface area contributed by atoms with Crippen LogP contribution in [0.1, 0.15) is 34.6 Å². The molecule has 0 saturated heterocycles. The van der Waals surface area contributed by atoms with Gasteiger partial charge in [0.05, 0.1) is 0 Å². The number of hydrogen-bond donors (Lipinski definition) is 1. The number of hydrogen-bond acceptors (Lipinski definition) is 7. The first kappa shape index (κ1) is 13.7. The van der Waals surface area contributed by atoms with Gasteiger partial charge in [0.15, 0.2) is 0 Å². The van der Waals surface area contributed by atoms with Gasteiger partial charge in [-0.15, -0.1) is 0 Å². The molecule has 0 atom stereocenters. The molecule has 1 aromatic carbocycles. The van der Waals surface area contributed by atoms with Crippen molar-refractivity contribution >= 4 is 5.97 Å². The van der Waals surface area contributed by atoms with E-state index in [1.165, 1.54) is 6.92 Å². The quantitative estimate of drug-likeness (QED) is 0.629. The zero-order valence-electron chi connectivity index (χ0n) is 12.4. The van der Waals surface area contributed by atoms with Gasteiger partial charge in [-0.05, 0) is 0 Å². The monoisotopic (exact) mass is 296 g/mol. The summed E-state index contributed by atoms with van der Waals surface area (Å²) in [7, 11) is 0. The molecule has 0 saturated carbocycles. The molecule has 0 fully saturated rings. The van der Waals surface area contributed by atoms with Crippen molar-refractivity contribution in [2.45, 2.75) is 46.2 Å². The van der Waals surface area contributed by atoms with E-state index in [0.717, 1.165) is 0 Å². The summed E-state index contributed by atoms with van der Waals surface area (Å²) in [6.45, 7) is 7.93. The molecule has 114 valence electrons. The van der Waals surface area contributed by atoms with Crippen molar-refractivity contribution in [3.8, 4) is 34.5 Å². The van der Waals surface area contributed by atoms with E-state index < -0.39 is 17.5 Å². The molecule has 0 bridgehead atoms. The lowest BCUT2D eigenvalue weighted by molar-refractivity contribution is -0.132. The van der Waals surface area contributed by atoms with Crippen molar-refractivity contribution in [2.75, 3.05) is 0 Å². The Balaban J connectivity index is 2.22. The zero-order valence-corrected chi connectivity index (χ0v) is 12.4. The topological polar surface area (TPSA) is 83.5 Å². The van der Waals surface area contributed by atoms with Crippen molar-refractivity contribution in [3.05, 3.63) is 0 Å². The largest absolute Gasteiger partial charge is 0.501 e. The summed E-state index contributed by atoms with van der Waals surface area (Å²) in [5.41, 5.74) is 0. The molecule has 0 unspecified atom stereocenters. The summed E-state index contributed by atoms with van der Waals surface area (Å²) >= 11 is 0. The first-order chi connectivity index (χ1) is 9.60. The highest BCUT2D eigenvalue weighted by molar-refractivity contribution is 5.79. The maximum absolute atomic E-state index is 11.3. The normalized spacial score (nSPS) is 19.5. The minimum atomic E-state index is -1.00. The Morgan fingerprint density at radius 1 is 0.905 bits per heavy atom. The second-order valence-electron chi connectivity index (χ2n) is 5.80. The third kappa shape index (κ3) is 2.09. The lowest BCUT2D eigenvalue weighted by atomic mass is 10.2. The minimum Gasteiger partial charge on any atom is -0.501 e. The van der Waals surface area contributed by atoms with E-state index in [1.807, 2.05) is 0 Å². The highest BCUT2D eigenvalue weighted by Crippen LogP contribution is 2.63. The van der Waals surface area contributed by atoms with Crippen molar-refractivity contribution in [3.63, 3.8) is 0 Å². The van der Waals surface area contributed by atoms with Crippen LogP contribution in [0.3, 0.4) is 0 Å². The number of carbonyl (C=O) groups is 1. The van der Waals surface area contributed by atoms with Gasteiger partial charge in [0.25, 0.3) is 0 Å². The summed E-state index contributed by atoms with van der Waals surface area (Å²) in [4.78, 5) is 11.3. The number of rotatable bonds is 1. The predicted octanol–water partition coefficient (Wildman–Crippen LogP) is 2.33. The van der Waals surface area contributed by atoms with Gasteiger partial charge in [0.2, 0.25) is 46.1 Å². The second-order valence-corrected chi connectivity index (χ2v) is 5.80. The number of benzene rings is 1. The maximum atomic E-state index is 11.3. The zero-order chi connectivity index (χ0) is 15.6. The molecule has 2 aliphatic heterocycles. The van der Waals surface area contributed by atoms with Gasteiger partial charge in [-0.25, -0.2) is 0 Å². The Kier molecular flexibility index (Phi) is 2.52. The van der Waals surface area contributed by atoms with E-state index in [4.69, 9.17) is 23.7 Å². The van der Waals surface area contributed by atoms with Crippen LogP contribution in [0, 0.1) is 0 Å². The van der Waals surface area contributed by atoms with Crippen LogP contribution >= 0.6 is 0 Å². The average Bonchev–Trinajstić information content (AvgIpc) is 2.81. The lowest BCUT2D eigenvalue weighted by Crippen LogP contribution is -2.30. The maximum Gasteiger partial charge on any atom is 0.308 e. The number of phenolic OH excluding ortho intramolecular Hbond substituents is 1. The van der Waals surface area contributed by atoms with Crippen LogP contribution in [-0.2, 0) is 4.79 Å². The first-order valence-electron chi connectivity index (χ1n) is 6.47. The molecule has 21 heavy (non-hydrogen) atoms. The third-order valence-electron chi connectivity index (χ3n) is 2.89. The molecule has 2 heterocycles. The van der Waals surface area contributed by atoms with Crippen LogP contribution in [0.25, 0.3) is 0 Å². The number of esters is 1. The van der Waals surface area contributed by atoms with Crippen LogP contribution in [-0.4, -0.2) is 22.7 Å². The van der Waals surface area contributed by atoms with E-state index in [1.54, 1.807) is 27.7 Å². The Morgan fingerprint density at radius 2 is 1.29 bits per heavy atom. The summed E-state index contributed by atoms with van der Waals surface area (Å²) in [6, 6.07) is 0. The second kappa shape index (κ2) is 3.87. The minimum absolute atomic E-state index is 0.0430. The van der Waals surface area contributed by atoms with Crippen molar-refractivity contribution in [2.24, 2.45) is 0 Å². The third-order valence-corrected chi connectivity index (χ3v) is 2.89. The van der Waals surface area contributed by atoms with Gasteiger partial charge in [0.1, 0.15) is 0 Å². The fourth-order valence-corrected chi connectivity index (χ4v) is 2.26. The van der Waals surface area contributed by atoms with E-state index >= 15 is 0 Å². The summed E-state index contributed by atoms with van der Waals surface area (Å²) in [6.07, 6.45) is 0. The molecule has 1 N–H and O–H groups in total. The van der Waals surface area contributed by atoms with Gasteiger partial charge in [-0.3, -0.25) is 4.79 Å². The molecule has 0 radical (unpaired) electrons. The summed E-state index contributed by atoms with van der Waals surface area (Å²) in [5.74, 6) is -2.38. The van der Waals surface area contributed by atoms with Crippen LogP contribution in [0.5, 0.6) is 34.5 Å². The van der Waals surface area contributed by atoms with Crippen molar-refractivity contribution in [1.82, 2.24) is 0 Å². The van der Waals surface area contributed by atoms with Gasteiger partial charge < -0.3 is 28.8 Å². The summed E-state index contributed by atoms with van der Waals surface area (Å²) in [5, 5.41) is 10.3. The molecule has 7 heteroatoms. The van der Waals surface area contributed by atoms with E-state index in [2.05, 4.69) is 0 Å².